The van der Waals surface area contributed by atoms with Crippen LogP contribution in [-0.4, -0.2) is 58.3 Å². The van der Waals surface area contributed by atoms with E-state index in [1.54, 1.807) is 0 Å². The number of anilines is 2. The molecule has 2 saturated carbocycles. The summed E-state index contributed by atoms with van der Waals surface area (Å²) in [6.07, 6.45) is -12.7. The number of Topliss-reactive ketones (excluding diaryl/α,β-unsaturated/α-hetero) is 1. The Balaban J connectivity index is 2.10. The Morgan fingerprint density at radius 1 is 0.865 bits per heavy atom. The lowest BCUT2D eigenvalue weighted by Gasteiger charge is -2.37. The summed E-state index contributed by atoms with van der Waals surface area (Å²) in [5.41, 5.74) is -8.55. The molecule has 1 aromatic carbocycles. The molecule has 2 bridgehead atoms. The van der Waals surface area contributed by atoms with Crippen molar-refractivity contribution in [3.63, 3.8) is 0 Å². The van der Waals surface area contributed by atoms with Gasteiger partial charge in [0.05, 0.1) is 17.8 Å². The second-order valence-corrected chi connectivity index (χ2v) is 9.16. The largest absolute Gasteiger partial charge is 0.481 e. The minimum absolute atomic E-state index is 0.170. The standard InChI is InChI=1S/C22H22F6N2O7/c1-7(31)13-9-6-10(15(13)18(33)34)16(19(35)36)14(9)17(32)30-12-4-3-8(29-2)5-11(12)20(37,21(23,24)25)22(26,27)28/h3-5,9-10,13-16,29,37H,6H2,1-2H3,(H,30,32)(H,33,34)(H,35,36). The summed E-state index contributed by atoms with van der Waals surface area (Å²) in [6.45, 7) is 1.05. The molecule has 1 amide bonds. The van der Waals surface area contributed by atoms with Crippen LogP contribution < -0.4 is 10.6 Å². The van der Waals surface area contributed by atoms with Crippen molar-refractivity contribution in [1.82, 2.24) is 0 Å². The first-order chi connectivity index (χ1) is 16.9. The highest BCUT2D eigenvalue weighted by molar-refractivity contribution is 5.99. The normalized spacial score (nSPS) is 27.6. The zero-order valence-electron chi connectivity index (χ0n) is 19.1. The van der Waals surface area contributed by atoms with E-state index in [0.29, 0.717) is 12.1 Å². The van der Waals surface area contributed by atoms with Crippen molar-refractivity contribution in [3.05, 3.63) is 23.8 Å². The molecule has 0 saturated heterocycles. The number of alkyl halides is 6. The number of carboxylic acid groups (broad SMARTS) is 2. The van der Waals surface area contributed by atoms with Crippen molar-refractivity contribution in [1.29, 1.82) is 0 Å². The van der Waals surface area contributed by atoms with Crippen LogP contribution in [0.5, 0.6) is 0 Å². The quantitative estimate of drug-likeness (QED) is 0.331. The van der Waals surface area contributed by atoms with Crippen molar-refractivity contribution in [2.75, 3.05) is 17.7 Å². The van der Waals surface area contributed by atoms with E-state index >= 15 is 0 Å². The third-order valence-electron chi connectivity index (χ3n) is 7.28. The van der Waals surface area contributed by atoms with Crippen LogP contribution in [0, 0.1) is 35.5 Å². The van der Waals surface area contributed by atoms with Crippen molar-refractivity contribution in [3.8, 4) is 0 Å². The molecule has 5 N–H and O–H groups in total. The van der Waals surface area contributed by atoms with Gasteiger partial charge in [-0.2, -0.15) is 26.3 Å². The van der Waals surface area contributed by atoms with E-state index < -0.39 is 88.3 Å². The lowest BCUT2D eigenvalue weighted by Crippen LogP contribution is -2.54. The van der Waals surface area contributed by atoms with Crippen molar-refractivity contribution < 1.29 is 60.8 Å². The maximum atomic E-state index is 13.6. The van der Waals surface area contributed by atoms with Gasteiger partial charge in [0.2, 0.25) is 5.91 Å². The number of fused-ring (bicyclic) bond motifs is 2. The van der Waals surface area contributed by atoms with Crippen molar-refractivity contribution in [2.45, 2.75) is 31.3 Å². The zero-order valence-corrected chi connectivity index (χ0v) is 19.1. The van der Waals surface area contributed by atoms with Crippen LogP contribution in [0.1, 0.15) is 18.9 Å². The number of ketones is 1. The SMILES string of the molecule is CNc1ccc(NC(=O)C2C3CC(C(C(=O)O)C3C(C)=O)C2C(=O)O)c(C(O)(C(F)(F)F)C(F)(F)F)c1. The van der Waals surface area contributed by atoms with E-state index in [-0.39, 0.29) is 12.1 Å². The summed E-state index contributed by atoms with van der Waals surface area (Å²) in [7, 11) is 1.19. The molecule has 204 valence electrons. The van der Waals surface area contributed by atoms with Crippen molar-refractivity contribution >= 4 is 35.0 Å². The minimum atomic E-state index is -6.28. The van der Waals surface area contributed by atoms with Gasteiger partial charge in [-0.15, -0.1) is 0 Å². The molecule has 1 aromatic rings. The summed E-state index contributed by atoms with van der Waals surface area (Å²) >= 11 is 0. The van der Waals surface area contributed by atoms with E-state index in [1.807, 2.05) is 5.32 Å². The van der Waals surface area contributed by atoms with Crippen LogP contribution in [0.4, 0.5) is 37.7 Å². The molecule has 0 radical (unpaired) electrons. The van der Waals surface area contributed by atoms with E-state index in [2.05, 4.69) is 5.32 Å². The fraction of sp³-hybridized carbons (Fsp3) is 0.545. The number of halogens is 6. The van der Waals surface area contributed by atoms with Gasteiger partial charge in [0.25, 0.3) is 5.60 Å². The summed E-state index contributed by atoms with van der Waals surface area (Å²) in [5, 5.41) is 33.4. The smallest absolute Gasteiger partial charge is 0.430 e. The molecule has 0 heterocycles. The molecule has 3 rings (SSSR count). The molecule has 0 aliphatic heterocycles. The number of carbonyl (C=O) groups is 4. The van der Waals surface area contributed by atoms with Crippen LogP contribution in [0.15, 0.2) is 18.2 Å². The van der Waals surface area contributed by atoms with Crippen LogP contribution in [0.2, 0.25) is 0 Å². The number of amides is 1. The van der Waals surface area contributed by atoms with E-state index in [0.717, 1.165) is 13.0 Å². The van der Waals surface area contributed by atoms with Crippen LogP contribution in [0.25, 0.3) is 0 Å². The number of nitrogens with one attached hydrogen (secondary N) is 2. The molecular formula is C22H22F6N2O7. The number of aliphatic hydroxyl groups is 1. The van der Waals surface area contributed by atoms with Crippen LogP contribution in [0.3, 0.4) is 0 Å². The molecular weight excluding hydrogens is 518 g/mol. The topological polar surface area (TPSA) is 153 Å². The first-order valence-electron chi connectivity index (χ1n) is 10.8. The van der Waals surface area contributed by atoms with Gasteiger partial charge in [-0.05, 0) is 43.4 Å². The molecule has 2 fully saturated rings. The second kappa shape index (κ2) is 9.19. The van der Waals surface area contributed by atoms with Gasteiger partial charge < -0.3 is 26.0 Å². The molecule has 15 heteroatoms. The molecule has 6 atom stereocenters. The highest BCUT2D eigenvalue weighted by Crippen LogP contribution is 2.59. The Bertz CT molecular complexity index is 1120. The predicted molar refractivity (Wildman–Crippen MR) is 112 cm³/mol. The Hall–Kier alpha value is -3.36. The zero-order chi connectivity index (χ0) is 28.2. The van der Waals surface area contributed by atoms with Crippen LogP contribution in [-0.2, 0) is 24.8 Å². The molecule has 2 aliphatic carbocycles. The number of hydrogen-bond donors (Lipinski definition) is 5. The number of benzene rings is 1. The minimum Gasteiger partial charge on any atom is -0.481 e. The Labute approximate surface area is 204 Å². The third kappa shape index (κ3) is 4.38. The second-order valence-electron chi connectivity index (χ2n) is 9.16. The number of hydrogen-bond acceptors (Lipinski definition) is 6. The maximum Gasteiger partial charge on any atom is 0.430 e. The van der Waals surface area contributed by atoms with E-state index in [9.17, 15) is 60.8 Å². The first kappa shape index (κ1) is 28.2. The molecule has 0 spiro atoms. The highest BCUT2D eigenvalue weighted by atomic mass is 19.4. The average Bonchev–Trinajstić information content (AvgIpc) is 3.33. The number of aliphatic carboxylic acids is 2. The van der Waals surface area contributed by atoms with Crippen LogP contribution >= 0.6 is 0 Å². The van der Waals surface area contributed by atoms with E-state index in [1.165, 1.54) is 7.05 Å². The van der Waals surface area contributed by atoms with Gasteiger partial charge in [-0.1, -0.05) is 0 Å². The van der Waals surface area contributed by atoms with E-state index in [4.69, 9.17) is 0 Å². The van der Waals surface area contributed by atoms with Gasteiger partial charge in [-0.3, -0.25) is 19.2 Å². The fourth-order valence-electron chi connectivity index (χ4n) is 5.79. The van der Waals surface area contributed by atoms with Gasteiger partial charge >= 0.3 is 24.3 Å². The Morgan fingerprint density at radius 3 is 1.78 bits per heavy atom. The van der Waals surface area contributed by atoms with Gasteiger partial charge in [0.15, 0.2) is 0 Å². The van der Waals surface area contributed by atoms with Gasteiger partial charge in [-0.25, -0.2) is 0 Å². The highest BCUT2D eigenvalue weighted by Gasteiger charge is 2.72. The fourth-order valence-corrected chi connectivity index (χ4v) is 5.79. The molecule has 9 nitrogen and oxygen atoms in total. The predicted octanol–water partition coefficient (Wildman–Crippen LogP) is 2.85. The molecule has 37 heavy (non-hydrogen) atoms. The lowest BCUT2D eigenvalue weighted by molar-refractivity contribution is -0.376. The number of rotatable bonds is 7. The molecule has 0 aromatic heterocycles. The summed E-state index contributed by atoms with van der Waals surface area (Å²) < 4.78 is 81.7. The number of carbonyl (C=O) groups excluding carboxylic acids is 2. The van der Waals surface area contributed by atoms with Crippen molar-refractivity contribution in [2.24, 2.45) is 35.5 Å². The summed E-state index contributed by atoms with van der Waals surface area (Å²) in [6, 6.07) is 2.03. The monoisotopic (exact) mass is 540 g/mol. The summed E-state index contributed by atoms with van der Waals surface area (Å²) in [4.78, 5) is 49.1. The summed E-state index contributed by atoms with van der Waals surface area (Å²) in [5.74, 6) is -13.3. The van der Waals surface area contributed by atoms with Gasteiger partial charge in [0.1, 0.15) is 5.78 Å². The third-order valence-corrected chi connectivity index (χ3v) is 7.28. The molecule has 6 unspecified atom stereocenters. The maximum absolute atomic E-state index is 13.6. The average molecular weight is 540 g/mol. The Kier molecular flexibility index (Phi) is 7.01. The lowest BCUT2D eigenvalue weighted by atomic mass is 9.66. The first-order valence-corrected chi connectivity index (χ1v) is 10.8. The van der Waals surface area contributed by atoms with Gasteiger partial charge in [0, 0.05) is 29.9 Å². The number of carboxylic acids is 2. The Morgan fingerprint density at radius 2 is 1.35 bits per heavy atom. The molecule has 2 aliphatic rings.